The summed E-state index contributed by atoms with van der Waals surface area (Å²) in [4.78, 5) is 11.3. The Morgan fingerprint density at radius 1 is 1.15 bits per heavy atom. The van der Waals surface area contributed by atoms with E-state index in [9.17, 15) is 0 Å². The van der Waals surface area contributed by atoms with Gasteiger partial charge in [-0.1, -0.05) is 6.07 Å². The molecule has 0 aliphatic carbocycles. The van der Waals surface area contributed by atoms with Crippen LogP contribution < -0.4 is 15.4 Å². The normalized spacial score (nSPS) is 13.7. The molecule has 1 aliphatic rings. The Morgan fingerprint density at radius 2 is 2.07 bits per heavy atom. The van der Waals surface area contributed by atoms with Gasteiger partial charge >= 0.3 is 0 Å². The Hall–Kier alpha value is -3.55. The summed E-state index contributed by atoms with van der Waals surface area (Å²) in [6.07, 6.45) is 2.51. The molecule has 27 heavy (non-hydrogen) atoms. The molecule has 0 fully saturated rings. The summed E-state index contributed by atoms with van der Waals surface area (Å²) in [7, 11) is 1.69. The highest BCUT2D eigenvalue weighted by atomic mass is 16.5. The van der Waals surface area contributed by atoms with Gasteiger partial charge < -0.3 is 19.8 Å². The third kappa shape index (κ3) is 2.66. The summed E-state index contributed by atoms with van der Waals surface area (Å²) >= 11 is 0. The molecule has 0 atom stereocenters. The van der Waals surface area contributed by atoms with Crippen molar-refractivity contribution in [2.75, 3.05) is 24.3 Å². The third-order valence-electron chi connectivity index (χ3n) is 4.83. The first-order chi connectivity index (χ1) is 13.2. The number of fused-ring (bicyclic) bond motifs is 2. The van der Waals surface area contributed by atoms with Gasteiger partial charge in [0.05, 0.1) is 13.4 Å². The molecule has 5 rings (SSSR count). The zero-order valence-corrected chi connectivity index (χ0v) is 14.8. The first kappa shape index (κ1) is 15.7. The Bertz CT molecular complexity index is 1120. The standard InChI is InChI=1S/C19H18N6O2/c1-26-14-5-4-13-11-24(7-6-12(13)9-14)16-10-17-21-18(15-3-2-8-27-15)23-25(17)19(20)22-16/h2-5,8-10H,6-7,11H2,1H3,(H2,20,22). The van der Waals surface area contributed by atoms with E-state index in [4.69, 9.17) is 14.9 Å². The number of methoxy groups -OCH3 is 1. The Kier molecular flexibility index (Phi) is 3.49. The quantitative estimate of drug-likeness (QED) is 0.598. The summed E-state index contributed by atoms with van der Waals surface area (Å²) in [5.41, 5.74) is 9.35. The number of nitrogen functional groups attached to an aromatic ring is 1. The first-order valence-corrected chi connectivity index (χ1v) is 8.69. The van der Waals surface area contributed by atoms with E-state index < -0.39 is 0 Å². The van der Waals surface area contributed by atoms with E-state index in [0.717, 1.165) is 31.1 Å². The fourth-order valence-electron chi connectivity index (χ4n) is 3.42. The van der Waals surface area contributed by atoms with Gasteiger partial charge in [-0.3, -0.25) is 0 Å². The lowest BCUT2D eigenvalue weighted by molar-refractivity contribution is 0.413. The summed E-state index contributed by atoms with van der Waals surface area (Å²) < 4.78 is 12.2. The van der Waals surface area contributed by atoms with Crippen LogP contribution in [0.15, 0.2) is 47.1 Å². The predicted octanol–water partition coefficient (Wildman–Crippen LogP) is 2.54. The minimum absolute atomic E-state index is 0.299. The lowest BCUT2D eigenvalue weighted by Crippen LogP contribution is -2.31. The molecule has 8 nitrogen and oxygen atoms in total. The molecule has 0 spiro atoms. The SMILES string of the molecule is COc1ccc2c(c1)CCN(c1cc3nc(-c4ccco4)nn3c(N)n1)C2. The van der Waals surface area contributed by atoms with Crippen LogP contribution in [0.25, 0.3) is 17.2 Å². The second kappa shape index (κ2) is 6.01. The fraction of sp³-hybridized carbons (Fsp3) is 0.211. The number of benzene rings is 1. The maximum absolute atomic E-state index is 6.14. The van der Waals surface area contributed by atoms with Crippen LogP contribution in [0.5, 0.6) is 5.75 Å². The molecular formula is C19H18N6O2. The van der Waals surface area contributed by atoms with Crippen molar-refractivity contribution in [3.63, 3.8) is 0 Å². The average molecular weight is 362 g/mol. The summed E-state index contributed by atoms with van der Waals surface area (Å²) in [5, 5.41) is 4.39. The van der Waals surface area contributed by atoms with E-state index in [1.54, 1.807) is 19.4 Å². The van der Waals surface area contributed by atoms with Gasteiger partial charge in [-0.25, -0.2) is 4.98 Å². The molecule has 0 bridgehead atoms. The van der Waals surface area contributed by atoms with Crippen molar-refractivity contribution in [3.8, 4) is 17.3 Å². The molecule has 0 saturated heterocycles. The zero-order valence-electron chi connectivity index (χ0n) is 14.8. The van der Waals surface area contributed by atoms with Crippen LogP contribution in [-0.4, -0.2) is 33.2 Å². The van der Waals surface area contributed by atoms with E-state index in [0.29, 0.717) is 23.2 Å². The molecule has 4 heterocycles. The monoisotopic (exact) mass is 362 g/mol. The van der Waals surface area contributed by atoms with Gasteiger partial charge in [-0.2, -0.15) is 9.50 Å². The van der Waals surface area contributed by atoms with Crippen LogP contribution in [0.1, 0.15) is 11.1 Å². The van der Waals surface area contributed by atoms with Crippen LogP contribution in [-0.2, 0) is 13.0 Å². The Labute approximate surface area is 155 Å². The maximum atomic E-state index is 6.14. The van der Waals surface area contributed by atoms with E-state index in [1.165, 1.54) is 15.6 Å². The van der Waals surface area contributed by atoms with Gasteiger partial charge in [0, 0.05) is 19.2 Å². The van der Waals surface area contributed by atoms with E-state index in [-0.39, 0.29) is 0 Å². The molecular weight excluding hydrogens is 344 g/mol. The molecule has 2 N–H and O–H groups in total. The average Bonchev–Trinajstić information content (AvgIpc) is 3.36. The number of aromatic nitrogens is 4. The third-order valence-corrected chi connectivity index (χ3v) is 4.83. The number of anilines is 2. The lowest BCUT2D eigenvalue weighted by Gasteiger charge is -2.30. The van der Waals surface area contributed by atoms with Crippen LogP contribution in [0, 0.1) is 0 Å². The van der Waals surface area contributed by atoms with E-state index in [1.807, 2.05) is 18.2 Å². The number of rotatable bonds is 3. The number of nitrogens with zero attached hydrogens (tertiary/aromatic N) is 5. The predicted molar refractivity (Wildman–Crippen MR) is 101 cm³/mol. The second-order valence-electron chi connectivity index (χ2n) is 6.46. The van der Waals surface area contributed by atoms with Crippen molar-refractivity contribution in [1.82, 2.24) is 19.6 Å². The van der Waals surface area contributed by atoms with Crippen molar-refractivity contribution in [2.45, 2.75) is 13.0 Å². The van der Waals surface area contributed by atoms with E-state index >= 15 is 0 Å². The second-order valence-corrected chi connectivity index (χ2v) is 6.46. The number of nitrogens with two attached hydrogens (primary N) is 1. The van der Waals surface area contributed by atoms with Crippen molar-refractivity contribution in [2.24, 2.45) is 0 Å². The highest BCUT2D eigenvalue weighted by Crippen LogP contribution is 2.28. The largest absolute Gasteiger partial charge is 0.497 e. The van der Waals surface area contributed by atoms with Gasteiger partial charge in [0.25, 0.3) is 0 Å². The van der Waals surface area contributed by atoms with Crippen molar-refractivity contribution in [3.05, 3.63) is 53.8 Å². The van der Waals surface area contributed by atoms with Crippen LogP contribution >= 0.6 is 0 Å². The Balaban J connectivity index is 1.49. The minimum atomic E-state index is 0.299. The molecule has 1 aliphatic heterocycles. The summed E-state index contributed by atoms with van der Waals surface area (Å²) in [6.45, 7) is 1.61. The van der Waals surface area contributed by atoms with Gasteiger partial charge in [0.15, 0.2) is 11.4 Å². The minimum Gasteiger partial charge on any atom is -0.497 e. The molecule has 136 valence electrons. The van der Waals surface area contributed by atoms with Crippen molar-refractivity contribution >= 4 is 17.4 Å². The highest BCUT2D eigenvalue weighted by molar-refractivity contribution is 5.60. The van der Waals surface area contributed by atoms with Gasteiger partial charge in [0.2, 0.25) is 11.8 Å². The molecule has 8 heteroatoms. The number of furan rings is 1. The van der Waals surface area contributed by atoms with Gasteiger partial charge in [-0.15, -0.1) is 5.10 Å². The van der Waals surface area contributed by atoms with Crippen LogP contribution in [0.3, 0.4) is 0 Å². The summed E-state index contributed by atoms with van der Waals surface area (Å²) in [6, 6.07) is 11.7. The topological polar surface area (TPSA) is 94.7 Å². The Morgan fingerprint density at radius 3 is 2.89 bits per heavy atom. The number of ether oxygens (including phenoxy) is 1. The van der Waals surface area contributed by atoms with Gasteiger partial charge in [0.1, 0.15) is 11.6 Å². The lowest BCUT2D eigenvalue weighted by atomic mass is 9.99. The van der Waals surface area contributed by atoms with Crippen molar-refractivity contribution < 1.29 is 9.15 Å². The molecule has 0 radical (unpaired) electrons. The highest BCUT2D eigenvalue weighted by Gasteiger charge is 2.20. The molecule has 3 aromatic heterocycles. The maximum Gasteiger partial charge on any atom is 0.225 e. The zero-order chi connectivity index (χ0) is 18.4. The number of hydrogen-bond acceptors (Lipinski definition) is 7. The molecule has 0 saturated carbocycles. The van der Waals surface area contributed by atoms with Crippen LogP contribution in [0.2, 0.25) is 0 Å². The van der Waals surface area contributed by atoms with Crippen molar-refractivity contribution in [1.29, 1.82) is 0 Å². The molecule has 1 aromatic carbocycles. The number of hydrogen-bond donors (Lipinski definition) is 1. The first-order valence-electron chi connectivity index (χ1n) is 8.69. The smallest absolute Gasteiger partial charge is 0.225 e. The molecule has 4 aromatic rings. The van der Waals surface area contributed by atoms with E-state index in [2.05, 4.69) is 32.1 Å². The molecule has 0 amide bonds. The summed E-state index contributed by atoms with van der Waals surface area (Å²) in [5.74, 6) is 3.07. The van der Waals surface area contributed by atoms with Gasteiger partial charge in [-0.05, 0) is 41.8 Å². The molecule has 0 unspecified atom stereocenters. The van der Waals surface area contributed by atoms with Crippen LogP contribution in [0.4, 0.5) is 11.8 Å². The fourth-order valence-corrected chi connectivity index (χ4v) is 3.42.